The minimum atomic E-state index is -0.423. The summed E-state index contributed by atoms with van der Waals surface area (Å²) in [7, 11) is 0. The maximum Gasteiger partial charge on any atom is 0.212 e. The van der Waals surface area contributed by atoms with Gasteiger partial charge in [-0.05, 0) is 113 Å². The molecular weight excluding hydrogens is 607 g/mol. The highest BCUT2D eigenvalue weighted by molar-refractivity contribution is 5.65. The Morgan fingerprint density at radius 1 is 0.347 bits per heavy atom. The molecule has 2 heterocycles. The number of pyridine rings is 2. The fourth-order valence-corrected chi connectivity index (χ4v) is 5.81. The molecule has 0 atom stereocenters. The Hall–Kier alpha value is -4.96. The van der Waals surface area contributed by atoms with E-state index in [0.29, 0.717) is 0 Å². The summed E-state index contributed by atoms with van der Waals surface area (Å²) in [5.41, 5.74) is 12.5. The summed E-state index contributed by atoms with van der Waals surface area (Å²) in [5.74, 6) is -0.845. The molecule has 0 saturated carbocycles. The molecule has 6 aromatic rings. The van der Waals surface area contributed by atoms with Gasteiger partial charge in [-0.15, -0.1) is 0 Å². The van der Waals surface area contributed by atoms with Crippen LogP contribution in [-0.2, 0) is 38.5 Å². The van der Waals surface area contributed by atoms with Crippen LogP contribution in [0.25, 0.3) is 22.3 Å². The van der Waals surface area contributed by atoms with Crippen molar-refractivity contribution < 1.29 is 8.78 Å². The predicted molar refractivity (Wildman–Crippen MR) is 200 cm³/mol. The summed E-state index contributed by atoms with van der Waals surface area (Å²) in [6.45, 7) is 4.43. The molecule has 4 heteroatoms. The molecule has 250 valence electrons. The van der Waals surface area contributed by atoms with Crippen molar-refractivity contribution in [2.75, 3.05) is 0 Å². The van der Waals surface area contributed by atoms with Gasteiger partial charge in [0.2, 0.25) is 11.9 Å². The van der Waals surface area contributed by atoms with E-state index in [4.69, 9.17) is 0 Å². The first-order chi connectivity index (χ1) is 24.0. The van der Waals surface area contributed by atoms with E-state index >= 15 is 0 Å². The summed E-state index contributed by atoms with van der Waals surface area (Å²) >= 11 is 0. The third-order valence-corrected chi connectivity index (χ3v) is 8.82. The van der Waals surface area contributed by atoms with Crippen LogP contribution >= 0.6 is 0 Å². The monoisotopic (exact) mass is 652 g/mol. The molecule has 0 unspecified atom stereocenters. The number of aryl methyl sites for hydroxylation is 6. The Morgan fingerprint density at radius 2 is 0.653 bits per heavy atom. The van der Waals surface area contributed by atoms with Crippen LogP contribution < -0.4 is 0 Å². The van der Waals surface area contributed by atoms with Crippen molar-refractivity contribution in [3.8, 4) is 22.3 Å². The van der Waals surface area contributed by atoms with E-state index in [9.17, 15) is 8.78 Å². The fourth-order valence-electron chi connectivity index (χ4n) is 5.81. The number of rotatable bonds is 13. The number of nitrogens with zero attached hydrogens (tertiary/aromatic N) is 2. The summed E-state index contributed by atoms with van der Waals surface area (Å²) in [6.07, 6.45) is 12.8. The molecule has 4 aromatic carbocycles. The second-order valence-corrected chi connectivity index (χ2v) is 12.6. The quantitative estimate of drug-likeness (QED) is 0.116. The second-order valence-electron chi connectivity index (χ2n) is 12.6. The van der Waals surface area contributed by atoms with Gasteiger partial charge in [0.05, 0.1) is 0 Å². The Morgan fingerprint density at radius 3 is 0.959 bits per heavy atom. The minimum absolute atomic E-state index is 0.422. The van der Waals surface area contributed by atoms with Gasteiger partial charge in [0.25, 0.3) is 0 Å². The highest BCUT2D eigenvalue weighted by Crippen LogP contribution is 2.23. The van der Waals surface area contributed by atoms with E-state index in [2.05, 4.69) is 121 Å². The van der Waals surface area contributed by atoms with E-state index in [-0.39, 0.29) is 0 Å². The Bertz CT molecular complexity index is 1810. The van der Waals surface area contributed by atoms with Crippen molar-refractivity contribution in [2.24, 2.45) is 0 Å². The average Bonchev–Trinajstić information content (AvgIpc) is 3.15. The number of halogens is 2. The summed E-state index contributed by atoms with van der Waals surface area (Å²) < 4.78 is 25.6. The van der Waals surface area contributed by atoms with E-state index in [1.807, 2.05) is 0 Å². The van der Waals surface area contributed by atoms with Crippen LogP contribution in [0.1, 0.15) is 66.5 Å². The Labute approximate surface area is 291 Å². The highest BCUT2D eigenvalue weighted by atomic mass is 19.1. The molecule has 2 nitrogen and oxygen atoms in total. The smallest absolute Gasteiger partial charge is 0.212 e. The maximum atomic E-state index is 12.8. The van der Waals surface area contributed by atoms with Gasteiger partial charge in [-0.3, -0.25) is 0 Å². The summed E-state index contributed by atoms with van der Waals surface area (Å²) in [6, 6.07) is 41.6. The number of unbranched alkanes of at least 4 members (excludes halogenated alkanes) is 1. The lowest BCUT2D eigenvalue weighted by Gasteiger charge is -2.06. The first kappa shape index (κ1) is 35.3. The standard InChI is InChI=1S/C23H24FN.C22H22FN/c1-2-3-4-18-7-12-21(13-8-18)22-14-9-19(10-15-22)5-6-20-11-16-23(24)25-17-20;1-2-3-17-6-11-20(12-7-17)21-13-8-18(9-14-21)4-5-19-10-15-22(23)24-16-19/h7-17H,2-6H2,1H3;6-16H,2-5H2,1H3. The number of aromatic nitrogens is 2. The van der Waals surface area contributed by atoms with Gasteiger partial charge in [0.1, 0.15) is 0 Å². The minimum Gasteiger partial charge on any atom is -0.228 e. The Balaban J connectivity index is 0.000000191. The van der Waals surface area contributed by atoms with Crippen molar-refractivity contribution >= 4 is 0 Å². The summed E-state index contributed by atoms with van der Waals surface area (Å²) in [5, 5.41) is 0. The lowest BCUT2D eigenvalue weighted by Crippen LogP contribution is -1.93. The van der Waals surface area contributed by atoms with Crippen LogP contribution in [0, 0.1) is 11.9 Å². The molecular formula is C45H46F2N2. The SMILES string of the molecule is CCCCc1ccc(-c2ccc(CCc3ccc(F)nc3)cc2)cc1.CCCc1ccc(-c2ccc(CCc3ccc(F)nc3)cc2)cc1. The topological polar surface area (TPSA) is 25.8 Å². The summed E-state index contributed by atoms with van der Waals surface area (Å²) in [4.78, 5) is 7.40. The molecule has 0 amide bonds. The predicted octanol–water partition coefficient (Wildman–Crippen LogP) is 11.6. The lowest BCUT2D eigenvalue weighted by molar-refractivity contribution is 0.581. The van der Waals surface area contributed by atoms with E-state index in [1.54, 1.807) is 24.5 Å². The zero-order valence-electron chi connectivity index (χ0n) is 28.7. The van der Waals surface area contributed by atoms with Crippen LogP contribution in [0.3, 0.4) is 0 Å². The van der Waals surface area contributed by atoms with Crippen LogP contribution in [0.2, 0.25) is 0 Å². The van der Waals surface area contributed by atoms with Gasteiger partial charge in [0, 0.05) is 12.4 Å². The van der Waals surface area contributed by atoms with Crippen LogP contribution in [0.5, 0.6) is 0 Å². The third kappa shape index (κ3) is 11.3. The van der Waals surface area contributed by atoms with Crippen molar-refractivity contribution in [1.82, 2.24) is 9.97 Å². The molecule has 0 saturated heterocycles. The van der Waals surface area contributed by atoms with Gasteiger partial charge in [-0.2, -0.15) is 8.78 Å². The molecule has 0 radical (unpaired) electrons. The molecule has 0 bridgehead atoms. The third-order valence-electron chi connectivity index (χ3n) is 8.82. The zero-order valence-corrected chi connectivity index (χ0v) is 28.7. The van der Waals surface area contributed by atoms with E-state index < -0.39 is 11.9 Å². The largest absolute Gasteiger partial charge is 0.228 e. The van der Waals surface area contributed by atoms with Crippen LogP contribution in [0.15, 0.2) is 134 Å². The van der Waals surface area contributed by atoms with Crippen molar-refractivity contribution in [3.63, 3.8) is 0 Å². The van der Waals surface area contributed by atoms with Gasteiger partial charge < -0.3 is 0 Å². The van der Waals surface area contributed by atoms with Gasteiger partial charge >= 0.3 is 0 Å². The molecule has 0 aliphatic carbocycles. The average molecular weight is 653 g/mol. The van der Waals surface area contributed by atoms with Gasteiger partial charge in [-0.25, -0.2) is 9.97 Å². The molecule has 0 fully saturated rings. The normalized spacial score (nSPS) is 10.8. The first-order valence-corrected chi connectivity index (χ1v) is 17.6. The van der Waals surface area contributed by atoms with Crippen LogP contribution in [0.4, 0.5) is 8.78 Å². The molecule has 6 rings (SSSR count). The highest BCUT2D eigenvalue weighted by Gasteiger charge is 2.03. The van der Waals surface area contributed by atoms with Gasteiger partial charge in [0.15, 0.2) is 0 Å². The molecule has 0 aliphatic heterocycles. The zero-order chi connectivity index (χ0) is 34.3. The fraction of sp³-hybridized carbons (Fsp3) is 0.244. The number of benzene rings is 4. The maximum absolute atomic E-state index is 12.8. The molecule has 0 N–H and O–H groups in total. The Kier molecular flexibility index (Phi) is 13.4. The molecule has 2 aromatic heterocycles. The first-order valence-electron chi connectivity index (χ1n) is 17.6. The second kappa shape index (κ2) is 18.5. The number of hydrogen-bond acceptors (Lipinski definition) is 2. The van der Waals surface area contributed by atoms with Crippen molar-refractivity contribution in [3.05, 3.63) is 179 Å². The lowest BCUT2D eigenvalue weighted by atomic mass is 9.99. The van der Waals surface area contributed by atoms with Gasteiger partial charge in [-0.1, -0.05) is 136 Å². The van der Waals surface area contributed by atoms with E-state index in [0.717, 1.165) is 49.7 Å². The molecule has 0 aliphatic rings. The van der Waals surface area contributed by atoms with E-state index in [1.165, 1.54) is 75.9 Å². The van der Waals surface area contributed by atoms with Crippen molar-refractivity contribution in [2.45, 2.75) is 71.6 Å². The van der Waals surface area contributed by atoms with Crippen molar-refractivity contribution in [1.29, 1.82) is 0 Å². The molecule has 49 heavy (non-hydrogen) atoms. The van der Waals surface area contributed by atoms with Crippen LogP contribution in [-0.4, -0.2) is 9.97 Å². The molecule has 0 spiro atoms. The number of hydrogen-bond donors (Lipinski definition) is 0.